The van der Waals surface area contributed by atoms with E-state index in [1.807, 2.05) is 35.3 Å². The van der Waals surface area contributed by atoms with Gasteiger partial charge < -0.3 is 14.5 Å². The van der Waals surface area contributed by atoms with Gasteiger partial charge in [-0.15, -0.1) is 13.2 Å². The summed E-state index contributed by atoms with van der Waals surface area (Å²) < 4.78 is 11.0. The zero-order chi connectivity index (χ0) is 33.1. The van der Waals surface area contributed by atoms with Gasteiger partial charge in [0.25, 0.3) is 5.01 Å². The lowest BCUT2D eigenvalue weighted by Gasteiger charge is -2.36. The van der Waals surface area contributed by atoms with E-state index in [0.717, 1.165) is 51.0 Å². The molecule has 48 heavy (non-hydrogen) atoms. The topological polar surface area (TPSA) is 19.6 Å². The molecule has 0 amide bonds. The number of benzene rings is 3. The second-order valence-corrected chi connectivity index (χ2v) is 15.8. The summed E-state index contributed by atoms with van der Waals surface area (Å²) in [6, 6.07) is 26.0. The molecule has 1 atom stereocenters. The number of ether oxygens (including phenoxy) is 1. The van der Waals surface area contributed by atoms with Gasteiger partial charge in [-0.2, -0.15) is 4.57 Å². The Kier molecular flexibility index (Phi) is 9.71. The molecular formula is C41H42N3OS3+. The summed E-state index contributed by atoms with van der Waals surface area (Å²) in [5, 5.41) is 1.91. The molecule has 4 aromatic rings. The molecule has 0 fully saturated rings. The van der Waals surface area contributed by atoms with Crippen LogP contribution in [0.1, 0.15) is 44.0 Å². The first-order chi connectivity index (χ1) is 23.5. The second kappa shape index (κ2) is 14.3. The molecular weight excluding hydrogens is 647 g/mol. The first kappa shape index (κ1) is 32.6. The van der Waals surface area contributed by atoms with Gasteiger partial charge in [-0.3, -0.25) is 0 Å². The summed E-state index contributed by atoms with van der Waals surface area (Å²) in [6.45, 7) is 12.0. The van der Waals surface area contributed by atoms with Crippen LogP contribution in [0.15, 0.2) is 148 Å². The van der Waals surface area contributed by atoms with E-state index in [1.165, 1.54) is 52.6 Å². The number of thioether (sulfide) groups is 2. The Balaban J connectivity index is 1.29. The predicted molar refractivity (Wildman–Crippen MR) is 208 cm³/mol. The minimum absolute atomic E-state index is 0.572. The van der Waals surface area contributed by atoms with Crippen LogP contribution in [0.4, 0.5) is 11.4 Å². The van der Waals surface area contributed by atoms with E-state index in [1.54, 1.807) is 11.8 Å². The van der Waals surface area contributed by atoms with Crippen LogP contribution in [0.3, 0.4) is 0 Å². The number of allylic oxidation sites excluding steroid dienone is 6. The maximum Gasteiger partial charge on any atom is 0.262 e. The number of hydrogen-bond acceptors (Lipinski definition) is 6. The number of hydrogen-bond donors (Lipinski definition) is 0. The highest BCUT2D eigenvalue weighted by atomic mass is 32.2. The van der Waals surface area contributed by atoms with Crippen molar-refractivity contribution in [2.24, 2.45) is 0 Å². The van der Waals surface area contributed by atoms with Gasteiger partial charge >= 0.3 is 0 Å². The standard InChI is InChI=1S/C41H42N3OS3/c1-5-7-28-43-33-19-10-12-21-35(33)46-38(43)26-24-30-16-15-17-31(40(30)45-41(3)42(4)32-18-9-14-23-37(32)48-41)25-27-39-44(29-8-6-2)34-20-11-13-22-36(34)47-39/h5-6,9-14,18-27H,1-2,7-8,15-17,28-29H2,3-4H3/q+1. The summed E-state index contributed by atoms with van der Waals surface area (Å²) in [5.74, 6) is 1.00. The largest absolute Gasteiger partial charge is 0.458 e. The van der Waals surface area contributed by atoms with Crippen molar-refractivity contribution < 1.29 is 9.30 Å². The van der Waals surface area contributed by atoms with Crippen molar-refractivity contribution in [1.82, 2.24) is 0 Å². The molecule has 7 heteroatoms. The highest BCUT2D eigenvalue weighted by Crippen LogP contribution is 2.52. The molecule has 1 aliphatic carbocycles. The number of fused-ring (bicyclic) bond motifs is 3. The average Bonchev–Trinajstić information content (AvgIpc) is 3.73. The molecule has 0 N–H and O–H groups in total. The minimum Gasteiger partial charge on any atom is -0.458 e. The van der Waals surface area contributed by atoms with E-state index in [4.69, 9.17) is 4.74 Å². The first-order valence-electron chi connectivity index (χ1n) is 16.7. The van der Waals surface area contributed by atoms with Crippen LogP contribution in [0.5, 0.6) is 0 Å². The highest BCUT2D eigenvalue weighted by Gasteiger charge is 2.42. The molecule has 3 heterocycles. The Morgan fingerprint density at radius 2 is 1.62 bits per heavy atom. The third-order valence-electron chi connectivity index (χ3n) is 9.14. The molecule has 1 aromatic heterocycles. The quantitative estimate of drug-likeness (QED) is 0.115. The predicted octanol–water partition coefficient (Wildman–Crippen LogP) is 11.1. The summed E-state index contributed by atoms with van der Waals surface area (Å²) in [7, 11) is 2.15. The molecule has 244 valence electrons. The smallest absolute Gasteiger partial charge is 0.262 e. The molecule has 0 saturated carbocycles. The Morgan fingerprint density at radius 1 is 0.875 bits per heavy atom. The summed E-state index contributed by atoms with van der Waals surface area (Å²) in [5.41, 5.74) is 6.25. The molecule has 1 unspecified atom stereocenters. The number of nitrogens with zero attached hydrogens (tertiary/aromatic N) is 3. The zero-order valence-corrected chi connectivity index (χ0v) is 30.2. The molecule has 0 saturated heterocycles. The fraction of sp³-hybridized carbons (Fsp3) is 0.244. The average molecular weight is 689 g/mol. The van der Waals surface area contributed by atoms with Crippen LogP contribution in [0.2, 0.25) is 0 Å². The Hall–Kier alpha value is -3.91. The van der Waals surface area contributed by atoms with Crippen molar-refractivity contribution in [1.29, 1.82) is 0 Å². The van der Waals surface area contributed by atoms with Gasteiger partial charge in [0.05, 0.1) is 16.4 Å². The van der Waals surface area contributed by atoms with Crippen LogP contribution in [0, 0.1) is 0 Å². The van der Waals surface area contributed by atoms with E-state index < -0.39 is 5.06 Å². The van der Waals surface area contributed by atoms with Gasteiger partial charge in [0.1, 0.15) is 10.5 Å². The SMILES string of the molecule is C=CCCN1C(=CC=C2CCCC(C=Cc3sc4ccccc4[n+]3CCC=C)=C2OC2(C)Sc3ccccc3N2C)Sc2ccccc21. The maximum atomic E-state index is 7.24. The van der Waals surface area contributed by atoms with Gasteiger partial charge in [0.2, 0.25) is 10.6 Å². The number of aromatic nitrogens is 1. The second-order valence-electron chi connectivity index (χ2n) is 12.3. The molecule has 0 radical (unpaired) electrons. The molecule has 0 spiro atoms. The zero-order valence-electron chi connectivity index (χ0n) is 27.7. The molecule has 3 aromatic carbocycles. The molecule has 0 bridgehead atoms. The van der Waals surface area contributed by atoms with E-state index >= 15 is 0 Å². The fourth-order valence-electron chi connectivity index (χ4n) is 6.54. The van der Waals surface area contributed by atoms with Crippen molar-refractivity contribution in [3.63, 3.8) is 0 Å². The minimum atomic E-state index is -0.572. The summed E-state index contributed by atoms with van der Waals surface area (Å²) in [4.78, 5) is 7.25. The third-order valence-corrected chi connectivity index (χ3v) is 12.7. The highest BCUT2D eigenvalue weighted by molar-refractivity contribution is 8.03. The third kappa shape index (κ3) is 6.43. The number of rotatable bonds is 11. The molecule has 7 rings (SSSR count). The number of para-hydroxylation sites is 3. The summed E-state index contributed by atoms with van der Waals surface area (Å²) >= 11 is 5.47. The lowest BCUT2D eigenvalue weighted by Crippen LogP contribution is -2.40. The van der Waals surface area contributed by atoms with Crippen molar-refractivity contribution in [3.05, 3.63) is 143 Å². The Bertz CT molecular complexity index is 1990. The van der Waals surface area contributed by atoms with Crippen molar-refractivity contribution in [2.75, 3.05) is 23.4 Å². The fourth-order valence-corrected chi connectivity index (χ4v) is 9.95. The van der Waals surface area contributed by atoms with Crippen LogP contribution >= 0.6 is 34.9 Å². The molecule has 3 aliphatic rings. The van der Waals surface area contributed by atoms with E-state index in [9.17, 15) is 0 Å². The number of aryl methyl sites for hydroxylation is 1. The van der Waals surface area contributed by atoms with Crippen molar-refractivity contribution >= 4 is 62.5 Å². The van der Waals surface area contributed by atoms with E-state index in [2.05, 4.69) is 139 Å². The maximum absolute atomic E-state index is 7.24. The molecule has 2 aliphatic heterocycles. The van der Waals surface area contributed by atoms with Gasteiger partial charge in [-0.1, -0.05) is 89.5 Å². The summed E-state index contributed by atoms with van der Waals surface area (Å²) in [6.07, 6.45) is 18.1. The Labute approximate surface area is 297 Å². The van der Waals surface area contributed by atoms with Crippen molar-refractivity contribution in [3.8, 4) is 0 Å². The van der Waals surface area contributed by atoms with Gasteiger partial charge in [-0.25, -0.2) is 0 Å². The Morgan fingerprint density at radius 3 is 2.44 bits per heavy atom. The van der Waals surface area contributed by atoms with Crippen LogP contribution in [-0.2, 0) is 11.3 Å². The van der Waals surface area contributed by atoms with Gasteiger partial charge in [0.15, 0.2) is 6.54 Å². The normalized spacial score (nSPS) is 20.7. The van der Waals surface area contributed by atoms with E-state index in [0.29, 0.717) is 0 Å². The number of anilines is 2. The van der Waals surface area contributed by atoms with Crippen LogP contribution in [0.25, 0.3) is 16.3 Å². The molecule has 4 nitrogen and oxygen atoms in total. The van der Waals surface area contributed by atoms with Crippen molar-refractivity contribution in [2.45, 2.75) is 60.4 Å². The first-order valence-corrected chi connectivity index (χ1v) is 19.1. The number of thiazole rings is 1. The van der Waals surface area contributed by atoms with Crippen LogP contribution < -0.4 is 14.4 Å². The lowest BCUT2D eigenvalue weighted by molar-refractivity contribution is -0.667. The monoisotopic (exact) mass is 688 g/mol. The van der Waals surface area contributed by atoms with Crippen LogP contribution in [-0.4, -0.2) is 18.6 Å². The van der Waals surface area contributed by atoms with Gasteiger partial charge in [0, 0.05) is 48.9 Å². The lowest BCUT2D eigenvalue weighted by atomic mass is 9.92. The van der Waals surface area contributed by atoms with Gasteiger partial charge in [-0.05, 0) is 79.3 Å². The van der Waals surface area contributed by atoms with E-state index in [-0.39, 0.29) is 0 Å².